The normalized spacial score (nSPS) is 20.8. The molecule has 2 aliphatic heterocycles. The molecule has 1 saturated heterocycles. The molecule has 2 aliphatic rings. The Morgan fingerprint density at radius 2 is 1.65 bits per heavy atom. The molecule has 2 aromatic carbocycles. The largest absolute Gasteiger partial charge is 0.311 e. The zero-order valence-corrected chi connectivity index (χ0v) is 15.4. The Morgan fingerprint density at radius 1 is 0.923 bits per heavy atom. The molecule has 0 bridgehead atoms. The van der Waals surface area contributed by atoms with Gasteiger partial charge in [-0.25, -0.2) is 8.42 Å². The molecule has 4 rings (SSSR count). The summed E-state index contributed by atoms with van der Waals surface area (Å²) in [6.45, 7) is 1.04. The van der Waals surface area contributed by atoms with Crippen molar-refractivity contribution in [2.24, 2.45) is 0 Å². The van der Waals surface area contributed by atoms with E-state index in [4.69, 9.17) is 0 Å². The average Bonchev–Trinajstić information content (AvgIpc) is 3.18. The van der Waals surface area contributed by atoms with Crippen LogP contribution >= 0.6 is 0 Å². The van der Waals surface area contributed by atoms with Crippen LogP contribution in [-0.4, -0.2) is 37.8 Å². The molecule has 26 heavy (non-hydrogen) atoms. The Balaban J connectivity index is 1.65. The monoisotopic (exact) mass is 370 g/mol. The standard InChI is InChI=1S/C20H22N2O3S/c23-20(21-14-6-9-16-8-4-5-12-18(16)21)19-13-7-15-22(19)26(24,25)17-10-2-1-3-11-17/h1-5,8,10-12,19H,6-7,9,13-15H2. The number of aryl methyl sites for hydroxylation is 1. The summed E-state index contributed by atoms with van der Waals surface area (Å²) in [6, 6.07) is 15.7. The Bertz CT molecular complexity index is 912. The molecule has 1 unspecified atom stereocenters. The van der Waals surface area contributed by atoms with Gasteiger partial charge in [0.05, 0.1) is 4.90 Å². The number of para-hydroxylation sites is 1. The summed E-state index contributed by atoms with van der Waals surface area (Å²) in [7, 11) is -3.66. The second kappa shape index (κ2) is 6.85. The molecular weight excluding hydrogens is 348 g/mol. The summed E-state index contributed by atoms with van der Waals surface area (Å²) >= 11 is 0. The van der Waals surface area contributed by atoms with Crippen molar-refractivity contribution in [1.82, 2.24) is 4.31 Å². The van der Waals surface area contributed by atoms with E-state index in [1.165, 1.54) is 4.31 Å². The Morgan fingerprint density at radius 3 is 2.46 bits per heavy atom. The van der Waals surface area contributed by atoms with Gasteiger partial charge < -0.3 is 4.90 Å². The van der Waals surface area contributed by atoms with Gasteiger partial charge in [-0.2, -0.15) is 4.31 Å². The van der Waals surface area contributed by atoms with Crippen molar-refractivity contribution in [3.05, 3.63) is 60.2 Å². The third kappa shape index (κ3) is 2.93. The molecule has 2 aromatic rings. The van der Waals surface area contributed by atoms with Gasteiger partial charge in [0.25, 0.3) is 0 Å². The van der Waals surface area contributed by atoms with Crippen LogP contribution in [0.1, 0.15) is 24.8 Å². The first-order valence-electron chi connectivity index (χ1n) is 9.05. The van der Waals surface area contributed by atoms with Crippen molar-refractivity contribution >= 4 is 21.6 Å². The predicted octanol–water partition coefficient (Wildman–Crippen LogP) is 2.82. The minimum atomic E-state index is -3.66. The van der Waals surface area contributed by atoms with Gasteiger partial charge in [0.1, 0.15) is 6.04 Å². The van der Waals surface area contributed by atoms with Gasteiger partial charge in [0.15, 0.2) is 0 Å². The number of amides is 1. The van der Waals surface area contributed by atoms with Crippen molar-refractivity contribution in [2.75, 3.05) is 18.0 Å². The average molecular weight is 370 g/mol. The van der Waals surface area contributed by atoms with Crippen molar-refractivity contribution in [1.29, 1.82) is 0 Å². The third-order valence-electron chi connectivity index (χ3n) is 5.21. The van der Waals surface area contributed by atoms with Gasteiger partial charge in [-0.1, -0.05) is 36.4 Å². The van der Waals surface area contributed by atoms with Crippen molar-refractivity contribution in [3.8, 4) is 0 Å². The molecule has 6 heteroatoms. The highest BCUT2D eigenvalue weighted by Gasteiger charge is 2.41. The lowest BCUT2D eigenvalue weighted by molar-refractivity contribution is -0.121. The lowest BCUT2D eigenvalue weighted by atomic mass is 10.0. The summed E-state index contributed by atoms with van der Waals surface area (Å²) in [5, 5.41) is 0. The second-order valence-electron chi connectivity index (χ2n) is 6.81. The quantitative estimate of drug-likeness (QED) is 0.835. The number of anilines is 1. The fourth-order valence-electron chi connectivity index (χ4n) is 3.94. The number of nitrogens with zero attached hydrogens (tertiary/aromatic N) is 2. The first-order valence-corrected chi connectivity index (χ1v) is 10.5. The molecule has 2 heterocycles. The predicted molar refractivity (Wildman–Crippen MR) is 100 cm³/mol. The van der Waals surface area contributed by atoms with Crippen LogP contribution in [0.3, 0.4) is 0 Å². The Kier molecular flexibility index (Phi) is 4.54. The Labute approximate surface area is 154 Å². The molecule has 5 nitrogen and oxygen atoms in total. The molecule has 0 N–H and O–H groups in total. The van der Waals surface area contributed by atoms with E-state index in [1.54, 1.807) is 35.2 Å². The van der Waals surface area contributed by atoms with Gasteiger partial charge >= 0.3 is 0 Å². The van der Waals surface area contributed by atoms with Crippen LogP contribution in [0.15, 0.2) is 59.5 Å². The van der Waals surface area contributed by atoms with E-state index in [0.29, 0.717) is 25.9 Å². The highest BCUT2D eigenvalue weighted by atomic mass is 32.2. The van der Waals surface area contributed by atoms with Crippen LogP contribution in [0.2, 0.25) is 0 Å². The summed E-state index contributed by atoms with van der Waals surface area (Å²) in [4.78, 5) is 15.3. The van der Waals surface area contributed by atoms with Crippen LogP contribution in [0.4, 0.5) is 5.69 Å². The van der Waals surface area contributed by atoms with E-state index in [9.17, 15) is 13.2 Å². The van der Waals surface area contributed by atoms with Crippen molar-refractivity contribution < 1.29 is 13.2 Å². The maximum absolute atomic E-state index is 13.3. The number of hydrogen-bond acceptors (Lipinski definition) is 3. The number of fused-ring (bicyclic) bond motifs is 1. The summed E-state index contributed by atoms with van der Waals surface area (Å²) in [5.41, 5.74) is 2.08. The van der Waals surface area contributed by atoms with Crippen LogP contribution in [0.5, 0.6) is 0 Å². The number of carbonyl (C=O) groups is 1. The number of sulfonamides is 1. The van der Waals surface area contributed by atoms with Gasteiger partial charge in [-0.15, -0.1) is 0 Å². The first kappa shape index (κ1) is 17.2. The fraction of sp³-hybridized carbons (Fsp3) is 0.350. The SMILES string of the molecule is O=C(C1CCCN1S(=O)(=O)c1ccccc1)N1CCCc2ccccc21. The van der Waals surface area contributed by atoms with Crippen molar-refractivity contribution in [2.45, 2.75) is 36.6 Å². The summed E-state index contributed by atoms with van der Waals surface area (Å²) in [5.74, 6) is -0.103. The van der Waals surface area contributed by atoms with Crippen LogP contribution in [0.25, 0.3) is 0 Å². The molecular formula is C20H22N2O3S. The van der Waals surface area contributed by atoms with E-state index in [2.05, 4.69) is 0 Å². The Hall–Kier alpha value is -2.18. The molecule has 1 atom stereocenters. The smallest absolute Gasteiger partial charge is 0.245 e. The summed E-state index contributed by atoms with van der Waals surface area (Å²) in [6.07, 6.45) is 3.14. The fourth-order valence-corrected chi connectivity index (χ4v) is 5.62. The molecule has 0 aromatic heterocycles. The minimum absolute atomic E-state index is 0.103. The number of hydrogen-bond donors (Lipinski definition) is 0. The molecule has 0 saturated carbocycles. The van der Waals surface area contributed by atoms with E-state index < -0.39 is 16.1 Å². The van der Waals surface area contributed by atoms with E-state index in [1.807, 2.05) is 24.3 Å². The van der Waals surface area contributed by atoms with E-state index in [0.717, 1.165) is 24.1 Å². The molecule has 1 fully saturated rings. The molecule has 136 valence electrons. The molecule has 0 spiro atoms. The van der Waals surface area contributed by atoms with Crippen LogP contribution in [-0.2, 0) is 21.2 Å². The van der Waals surface area contributed by atoms with Gasteiger partial charge in [-0.05, 0) is 49.4 Å². The summed E-state index contributed by atoms with van der Waals surface area (Å²) < 4.78 is 27.5. The maximum Gasteiger partial charge on any atom is 0.245 e. The van der Waals surface area contributed by atoms with Crippen molar-refractivity contribution in [3.63, 3.8) is 0 Å². The molecule has 0 aliphatic carbocycles. The second-order valence-corrected chi connectivity index (χ2v) is 8.70. The molecule has 0 radical (unpaired) electrons. The topological polar surface area (TPSA) is 57.7 Å². The highest BCUT2D eigenvalue weighted by Crippen LogP contribution is 2.32. The zero-order chi connectivity index (χ0) is 18.1. The highest BCUT2D eigenvalue weighted by molar-refractivity contribution is 7.89. The lowest BCUT2D eigenvalue weighted by Gasteiger charge is -2.33. The van der Waals surface area contributed by atoms with Gasteiger partial charge in [0, 0.05) is 18.8 Å². The number of carbonyl (C=O) groups excluding carboxylic acids is 1. The number of rotatable bonds is 3. The minimum Gasteiger partial charge on any atom is -0.311 e. The zero-order valence-electron chi connectivity index (χ0n) is 14.5. The first-order chi connectivity index (χ1) is 12.6. The van der Waals surface area contributed by atoms with Crippen LogP contribution in [0, 0.1) is 0 Å². The lowest BCUT2D eigenvalue weighted by Crippen LogP contribution is -2.49. The van der Waals surface area contributed by atoms with Crippen LogP contribution < -0.4 is 4.90 Å². The van der Waals surface area contributed by atoms with Gasteiger partial charge in [-0.3, -0.25) is 4.79 Å². The van der Waals surface area contributed by atoms with E-state index >= 15 is 0 Å². The molecule has 1 amide bonds. The number of benzene rings is 2. The van der Waals surface area contributed by atoms with Gasteiger partial charge in [0.2, 0.25) is 15.9 Å². The third-order valence-corrected chi connectivity index (χ3v) is 7.14. The maximum atomic E-state index is 13.3. The van der Waals surface area contributed by atoms with E-state index in [-0.39, 0.29) is 10.8 Å².